The van der Waals surface area contributed by atoms with Gasteiger partial charge in [-0.1, -0.05) is 0 Å². The molecule has 0 saturated heterocycles. The summed E-state index contributed by atoms with van der Waals surface area (Å²) < 4.78 is 135. The molecule has 6 nitrogen and oxygen atoms in total. The van der Waals surface area contributed by atoms with Gasteiger partial charge >= 0.3 is 25.0 Å². The van der Waals surface area contributed by atoms with Gasteiger partial charge in [-0.15, -0.1) is 30.0 Å². The van der Waals surface area contributed by atoms with E-state index >= 15 is 0 Å². The molecule has 1 aromatic carbocycles. The van der Waals surface area contributed by atoms with Crippen LogP contribution in [0.1, 0.15) is 15.9 Å². The Hall–Kier alpha value is -2.69. The zero-order valence-electron chi connectivity index (χ0n) is 15.9. The topological polar surface area (TPSA) is 79.4 Å². The normalized spacial score (nSPS) is 13.8. The van der Waals surface area contributed by atoms with Crippen molar-refractivity contribution in [3.8, 4) is 11.6 Å². The number of hydrogen-bond acceptors (Lipinski definition) is 5. The minimum atomic E-state index is -5.81. The van der Waals surface area contributed by atoms with Gasteiger partial charge in [0.2, 0.25) is 0 Å². The van der Waals surface area contributed by atoms with Gasteiger partial charge in [0, 0.05) is 11.1 Å². The van der Waals surface area contributed by atoms with Crippen molar-refractivity contribution in [2.24, 2.45) is 5.73 Å². The number of carbonyl (C=O) groups excluding carboxylic acids is 1. The third-order valence-corrected chi connectivity index (χ3v) is 4.78. The summed E-state index contributed by atoms with van der Waals surface area (Å²) in [4.78, 5) is 11.4. The van der Waals surface area contributed by atoms with Crippen LogP contribution in [-0.4, -0.2) is 46.4 Å². The molecular weight excluding hydrogens is 504 g/mol. The molecule has 1 amide bonds. The van der Waals surface area contributed by atoms with E-state index < -0.39 is 59.6 Å². The van der Waals surface area contributed by atoms with Crippen molar-refractivity contribution in [2.75, 3.05) is 5.75 Å². The molecule has 184 valence electrons. The fraction of sp³-hybridized carbons (Fsp3) is 0.375. The average molecular weight is 515 g/mol. The van der Waals surface area contributed by atoms with Crippen molar-refractivity contribution < 1.29 is 58.2 Å². The van der Waals surface area contributed by atoms with Crippen molar-refractivity contribution in [1.29, 1.82) is 0 Å². The number of aryl methyl sites for hydroxylation is 1. The first-order chi connectivity index (χ1) is 14.9. The number of hydrogen-bond donors (Lipinski definition) is 1. The number of nitrogens with zero attached hydrogens (tertiary/aromatic N) is 2. The minimum absolute atomic E-state index is 0.0698. The van der Waals surface area contributed by atoms with Crippen molar-refractivity contribution in [1.82, 2.24) is 9.78 Å². The summed E-state index contributed by atoms with van der Waals surface area (Å²) in [6.07, 6.45) is -19.6. The zero-order valence-corrected chi connectivity index (χ0v) is 16.7. The number of nitrogens with two attached hydrogens (primary N) is 1. The Balaban J connectivity index is 2.44. The quantitative estimate of drug-likeness (QED) is 0.401. The van der Waals surface area contributed by atoms with E-state index in [1.807, 2.05) is 0 Å². The molecule has 2 rings (SSSR count). The molecule has 1 atom stereocenters. The fourth-order valence-corrected chi connectivity index (χ4v) is 3.02. The summed E-state index contributed by atoms with van der Waals surface area (Å²) in [5, 5.41) is 3.24. The first-order valence-corrected chi connectivity index (χ1v) is 9.23. The number of primary amides is 1. The molecule has 0 saturated carbocycles. The molecule has 1 heterocycles. The number of rotatable bonds is 8. The average Bonchev–Trinajstić information content (AvgIpc) is 3.01. The van der Waals surface area contributed by atoms with Crippen LogP contribution in [0.15, 0.2) is 23.2 Å². The maximum Gasteiger partial charge on any atom is 0.525 e. The Labute approximate surface area is 181 Å². The van der Waals surface area contributed by atoms with Gasteiger partial charge in [-0.3, -0.25) is 4.79 Å². The summed E-state index contributed by atoms with van der Waals surface area (Å²) in [5.74, 6) is -5.52. The second-order valence-corrected chi connectivity index (χ2v) is 7.19. The summed E-state index contributed by atoms with van der Waals surface area (Å²) in [6, 6.07) is 1.62. The maximum atomic E-state index is 14.4. The van der Waals surface area contributed by atoms with E-state index in [0.717, 1.165) is 12.1 Å². The van der Waals surface area contributed by atoms with Gasteiger partial charge in [-0.2, -0.15) is 22.0 Å². The molecule has 0 aliphatic heterocycles. The van der Waals surface area contributed by atoms with Gasteiger partial charge in [0.15, 0.2) is 0 Å². The third kappa shape index (κ3) is 7.15. The second kappa shape index (κ2) is 9.28. The molecule has 0 aliphatic carbocycles. The number of amides is 1. The molecule has 17 heteroatoms. The van der Waals surface area contributed by atoms with Gasteiger partial charge in [-0.25, -0.2) is 18.2 Å². The van der Waals surface area contributed by atoms with Crippen LogP contribution in [0.3, 0.4) is 0 Å². The van der Waals surface area contributed by atoms with E-state index in [-0.39, 0.29) is 22.2 Å². The van der Waals surface area contributed by atoms with Gasteiger partial charge in [-0.05, 0) is 24.6 Å². The highest BCUT2D eigenvalue weighted by Gasteiger charge is 2.51. The molecule has 2 aromatic rings. The predicted octanol–water partition coefficient (Wildman–Crippen LogP) is 4.88. The van der Waals surface area contributed by atoms with Gasteiger partial charge in [0.1, 0.15) is 17.1 Å². The van der Waals surface area contributed by atoms with Gasteiger partial charge in [0.05, 0.1) is 5.75 Å². The lowest BCUT2D eigenvalue weighted by Gasteiger charge is -2.21. The Kier molecular flexibility index (Phi) is 7.47. The summed E-state index contributed by atoms with van der Waals surface area (Å²) >= 11 is 0.260. The molecule has 33 heavy (non-hydrogen) atoms. The monoisotopic (exact) mass is 515 g/mol. The second-order valence-electron chi connectivity index (χ2n) is 6.17. The highest BCUT2D eigenvalue weighted by Crippen LogP contribution is 2.35. The summed E-state index contributed by atoms with van der Waals surface area (Å²) in [7, 11) is 0. The zero-order chi connectivity index (χ0) is 25.4. The van der Waals surface area contributed by atoms with Gasteiger partial charge in [0.25, 0.3) is 11.8 Å². The van der Waals surface area contributed by atoms with Crippen LogP contribution in [-0.2, 0) is 4.74 Å². The number of benzene rings is 1. The van der Waals surface area contributed by atoms with Crippen LogP contribution in [0.4, 0.5) is 43.9 Å². The highest BCUT2D eigenvalue weighted by molar-refractivity contribution is 7.99. The molecular formula is C16H11F10N3O3S. The molecule has 1 unspecified atom stereocenters. The number of aromatic nitrogens is 2. The molecule has 0 bridgehead atoms. The van der Waals surface area contributed by atoms with E-state index in [1.165, 1.54) is 6.92 Å². The van der Waals surface area contributed by atoms with Crippen molar-refractivity contribution in [2.45, 2.75) is 36.8 Å². The highest BCUT2D eigenvalue weighted by atomic mass is 32.2. The molecule has 0 fully saturated rings. The van der Waals surface area contributed by atoms with Crippen LogP contribution in [0.5, 0.6) is 5.88 Å². The number of thioether (sulfide) groups is 1. The number of halogens is 10. The molecule has 1 aromatic heterocycles. The van der Waals surface area contributed by atoms with E-state index in [9.17, 15) is 48.7 Å². The number of ether oxygens (including phenoxy) is 2. The van der Waals surface area contributed by atoms with Gasteiger partial charge < -0.3 is 10.5 Å². The van der Waals surface area contributed by atoms with E-state index in [1.54, 1.807) is 0 Å². The lowest BCUT2D eigenvalue weighted by Crippen LogP contribution is -2.41. The largest absolute Gasteiger partial charge is 0.525 e. The van der Waals surface area contributed by atoms with Crippen molar-refractivity contribution >= 4 is 17.7 Å². The van der Waals surface area contributed by atoms with E-state index in [2.05, 4.69) is 14.6 Å². The van der Waals surface area contributed by atoms with Crippen LogP contribution >= 0.6 is 11.8 Å². The standard InChI is InChI=1S/C16H11F10N3O3S/c1-6-2-8(17)9(3-10(6)33-5-14(19,20)21)29-4-7(11(27)30)12(28-29)31-15(22,23)13(18)32-16(24,25)26/h2-4,13H,5H2,1H3,(H2,27,30). The predicted molar refractivity (Wildman–Crippen MR) is 91.2 cm³/mol. The van der Waals surface area contributed by atoms with Crippen molar-refractivity contribution in [3.63, 3.8) is 0 Å². The number of alkyl halides is 9. The molecule has 2 N–H and O–H groups in total. The van der Waals surface area contributed by atoms with Crippen molar-refractivity contribution in [3.05, 3.63) is 35.3 Å². The van der Waals surface area contributed by atoms with E-state index in [4.69, 9.17) is 5.73 Å². The first-order valence-electron chi connectivity index (χ1n) is 8.24. The Morgan fingerprint density at radius 1 is 1.18 bits per heavy atom. The molecule has 0 radical (unpaired) electrons. The fourth-order valence-electron chi connectivity index (χ4n) is 2.22. The minimum Gasteiger partial charge on any atom is -0.408 e. The lowest BCUT2D eigenvalue weighted by molar-refractivity contribution is -0.411. The molecule has 0 spiro atoms. The summed E-state index contributed by atoms with van der Waals surface area (Å²) in [6.45, 7) is 1.28. The number of carbonyl (C=O) groups is 1. The Bertz CT molecular complexity index is 1020. The maximum absolute atomic E-state index is 14.4. The summed E-state index contributed by atoms with van der Waals surface area (Å²) in [5.41, 5.74) is 3.33. The van der Waals surface area contributed by atoms with E-state index in [0.29, 0.717) is 10.9 Å². The third-order valence-electron chi connectivity index (χ3n) is 3.56. The van der Waals surface area contributed by atoms with Crippen LogP contribution in [0.25, 0.3) is 5.69 Å². The Morgan fingerprint density at radius 3 is 2.30 bits per heavy atom. The Morgan fingerprint density at radius 2 is 1.79 bits per heavy atom. The smallest absolute Gasteiger partial charge is 0.408 e. The van der Waals surface area contributed by atoms with Crippen LogP contribution < -0.4 is 10.5 Å². The van der Waals surface area contributed by atoms with Crippen LogP contribution in [0, 0.1) is 12.7 Å². The first kappa shape index (κ1) is 26.6. The lowest BCUT2D eigenvalue weighted by atomic mass is 10.2. The molecule has 0 aliphatic rings. The van der Waals surface area contributed by atoms with Crippen LogP contribution in [0.2, 0.25) is 0 Å². The SMILES string of the molecule is Cc1cc(F)c(-n2cc(C(N)=O)c(OC(F)(F)C(F)OC(F)(F)F)n2)cc1SCC(F)(F)F.